The fourth-order valence-electron chi connectivity index (χ4n) is 3.56. The number of benzene rings is 2. The Morgan fingerprint density at radius 2 is 1.66 bits per heavy atom. The van der Waals surface area contributed by atoms with Crippen molar-refractivity contribution in [2.24, 2.45) is 14.1 Å². The van der Waals surface area contributed by atoms with E-state index in [0.717, 1.165) is 10.1 Å². The number of rotatable bonds is 6. The molecule has 0 saturated carbocycles. The zero-order valence-electron chi connectivity index (χ0n) is 17.4. The second-order valence-electron chi connectivity index (χ2n) is 7.41. The molecular formula is C22H21Cl2N5O3. The van der Waals surface area contributed by atoms with Crippen molar-refractivity contribution in [3.8, 4) is 0 Å². The standard InChI is InChI=1S/C22H21Cl2N5O3/c1-27-19-18(20(31)28(2)22(27)32)29(12-14-15(23)9-6-10-16(14)24)21(26-19)25-11-17(30)13-7-4-3-5-8-13/h3-10,17,30H,11-12H2,1-2H3,(H,25,26)/t17-/m0/s1. The summed E-state index contributed by atoms with van der Waals surface area (Å²) < 4.78 is 3.96. The molecule has 0 radical (unpaired) electrons. The van der Waals surface area contributed by atoms with Crippen LogP contribution in [0.3, 0.4) is 0 Å². The van der Waals surface area contributed by atoms with Crippen molar-refractivity contribution in [3.63, 3.8) is 0 Å². The minimum absolute atomic E-state index is 0.137. The van der Waals surface area contributed by atoms with Crippen molar-refractivity contribution in [1.82, 2.24) is 18.7 Å². The summed E-state index contributed by atoms with van der Waals surface area (Å²) in [6.45, 7) is 0.282. The van der Waals surface area contributed by atoms with Gasteiger partial charge in [0.15, 0.2) is 11.2 Å². The second-order valence-corrected chi connectivity index (χ2v) is 8.22. The van der Waals surface area contributed by atoms with E-state index in [1.54, 1.807) is 29.8 Å². The van der Waals surface area contributed by atoms with Crippen LogP contribution < -0.4 is 16.6 Å². The van der Waals surface area contributed by atoms with Crippen LogP contribution >= 0.6 is 23.2 Å². The van der Waals surface area contributed by atoms with Crippen molar-refractivity contribution in [3.05, 3.63) is 90.5 Å². The van der Waals surface area contributed by atoms with Gasteiger partial charge < -0.3 is 10.4 Å². The van der Waals surface area contributed by atoms with Gasteiger partial charge in [0.05, 0.1) is 12.6 Å². The maximum atomic E-state index is 13.0. The van der Waals surface area contributed by atoms with Crippen molar-refractivity contribution >= 4 is 40.3 Å². The van der Waals surface area contributed by atoms with Gasteiger partial charge in [0.2, 0.25) is 5.95 Å². The van der Waals surface area contributed by atoms with Crippen LogP contribution in [-0.2, 0) is 20.6 Å². The molecule has 0 aliphatic heterocycles. The number of halogens is 2. The fraction of sp³-hybridized carbons (Fsp3) is 0.227. The van der Waals surface area contributed by atoms with Crippen LogP contribution in [0.1, 0.15) is 17.2 Å². The number of aliphatic hydroxyl groups is 1. The summed E-state index contributed by atoms with van der Waals surface area (Å²) in [6, 6.07) is 14.3. The van der Waals surface area contributed by atoms with E-state index >= 15 is 0 Å². The number of anilines is 1. The number of imidazole rings is 1. The first-order valence-electron chi connectivity index (χ1n) is 9.85. The maximum absolute atomic E-state index is 13.0. The summed E-state index contributed by atoms with van der Waals surface area (Å²) in [4.78, 5) is 29.9. The summed E-state index contributed by atoms with van der Waals surface area (Å²) in [5.74, 6) is 0.310. The predicted octanol–water partition coefficient (Wildman–Crippen LogP) is 2.93. The molecule has 0 amide bonds. The minimum Gasteiger partial charge on any atom is -0.387 e. The monoisotopic (exact) mass is 473 g/mol. The maximum Gasteiger partial charge on any atom is 0.332 e. The van der Waals surface area contributed by atoms with Gasteiger partial charge in [-0.05, 0) is 17.7 Å². The minimum atomic E-state index is -0.806. The van der Waals surface area contributed by atoms with E-state index < -0.39 is 17.4 Å². The lowest BCUT2D eigenvalue weighted by Gasteiger charge is -2.15. The van der Waals surface area contributed by atoms with Crippen LogP contribution in [0.2, 0.25) is 10.0 Å². The van der Waals surface area contributed by atoms with E-state index in [-0.39, 0.29) is 24.3 Å². The summed E-state index contributed by atoms with van der Waals surface area (Å²) >= 11 is 12.7. The van der Waals surface area contributed by atoms with Crippen molar-refractivity contribution in [2.45, 2.75) is 12.6 Å². The average Bonchev–Trinajstić information content (AvgIpc) is 3.16. The molecule has 32 heavy (non-hydrogen) atoms. The first kappa shape index (κ1) is 22.1. The highest BCUT2D eigenvalue weighted by atomic mass is 35.5. The van der Waals surface area contributed by atoms with E-state index in [1.807, 2.05) is 30.3 Å². The zero-order chi connectivity index (χ0) is 23.0. The Morgan fingerprint density at radius 1 is 1.00 bits per heavy atom. The molecular weight excluding hydrogens is 453 g/mol. The van der Waals surface area contributed by atoms with E-state index in [2.05, 4.69) is 10.3 Å². The van der Waals surface area contributed by atoms with Crippen LogP contribution in [0.4, 0.5) is 5.95 Å². The van der Waals surface area contributed by atoms with Crippen LogP contribution in [0.25, 0.3) is 11.2 Å². The zero-order valence-corrected chi connectivity index (χ0v) is 18.9. The highest BCUT2D eigenvalue weighted by Crippen LogP contribution is 2.28. The van der Waals surface area contributed by atoms with Crippen LogP contribution in [0.15, 0.2) is 58.1 Å². The molecule has 0 aliphatic carbocycles. The number of aryl methyl sites for hydroxylation is 1. The van der Waals surface area contributed by atoms with Gasteiger partial charge in [-0.15, -0.1) is 0 Å². The Bertz CT molecular complexity index is 1390. The van der Waals surface area contributed by atoms with Gasteiger partial charge in [-0.3, -0.25) is 18.5 Å². The molecule has 0 saturated heterocycles. The lowest BCUT2D eigenvalue weighted by Crippen LogP contribution is -2.37. The molecule has 2 aromatic carbocycles. The van der Waals surface area contributed by atoms with Crippen molar-refractivity contribution in [2.75, 3.05) is 11.9 Å². The number of hydrogen-bond donors (Lipinski definition) is 2. The summed E-state index contributed by atoms with van der Waals surface area (Å²) in [6.07, 6.45) is -0.806. The second kappa shape index (κ2) is 8.82. The van der Waals surface area contributed by atoms with E-state index in [1.165, 1.54) is 11.6 Å². The third kappa shape index (κ3) is 3.92. The highest BCUT2D eigenvalue weighted by Gasteiger charge is 2.21. The first-order valence-corrected chi connectivity index (χ1v) is 10.6. The molecule has 0 aliphatic rings. The first-order chi connectivity index (χ1) is 15.3. The largest absolute Gasteiger partial charge is 0.387 e. The molecule has 10 heteroatoms. The molecule has 0 bridgehead atoms. The average molecular weight is 474 g/mol. The molecule has 4 aromatic rings. The Balaban J connectivity index is 1.83. The van der Waals surface area contributed by atoms with Crippen LogP contribution in [0.5, 0.6) is 0 Å². The molecule has 0 fully saturated rings. The van der Waals surface area contributed by atoms with Gasteiger partial charge in [-0.1, -0.05) is 59.6 Å². The third-order valence-corrected chi connectivity index (χ3v) is 6.07. The molecule has 0 spiro atoms. The Morgan fingerprint density at radius 3 is 2.31 bits per heavy atom. The number of aliphatic hydroxyl groups excluding tert-OH is 1. The van der Waals surface area contributed by atoms with Gasteiger partial charge in [0.1, 0.15) is 0 Å². The quantitative estimate of drug-likeness (QED) is 0.448. The summed E-state index contributed by atoms with van der Waals surface area (Å²) in [7, 11) is 2.96. The van der Waals surface area contributed by atoms with Crippen LogP contribution in [-0.4, -0.2) is 30.3 Å². The van der Waals surface area contributed by atoms with E-state index in [0.29, 0.717) is 21.6 Å². The molecule has 2 heterocycles. The topological polar surface area (TPSA) is 94.1 Å². The van der Waals surface area contributed by atoms with Gasteiger partial charge in [-0.2, -0.15) is 4.98 Å². The fourth-order valence-corrected chi connectivity index (χ4v) is 4.07. The number of aromatic nitrogens is 4. The van der Waals surface area contributed by atoms with Crippen molar-refractivity contribution in [1.29, 1.82) is 0 Å². The third-order valence-electron chi connectivity index (χ3n) is 5.36. The molecule has 4 rings (SSSR count). The van der Waals surface area contributed by atoms with Gasteiger partial charge >= 0.3 is 5.69 Å². The number of hydrogen-bond acceptors (Lipinski definition) is 5. The van der Waals surface area contributed by atoms with Crippen LogP contribution in [0, 0.1) is 0 Å². The number of fused-ring (bicyclic) bond motifs is 1. The smallest absolute Gasteiger partial charge is 0.332 e. The molecule has 0 unspecified atom stereocenters. The van der Waals surface area contributed by atoms with E-state index in [9.17, 15) is 14.7 Å². The lowest BCUT2D eigenvalue weighted by atomic mass is 10.1. The molecule has 8 nitrogen and oxygen atoms in total. The van der Waals surface area contributed by atoms with Gasteiger partial charge in [0.25, 0.3) is 5.56 Å². The van der Waals surface area contributed by atoms with E-state index in [4.69, 9.17) is 23.2 Å². The SMILES string of the molecule is Cn1c(=O)c2c(nc(NC[C@H](O)c3ccccc3)n2Cc2c(Cl)cccc2Cl)n(C)c1=O. The predicted molar refractivity (Wildman–Crippen MR) is 126 cm³/mol. The highest BCUT2D eigenvalue weighted by molar-refractivity contribution is 6.36. The Kier molecular flexibility index (Phi) is 6.10. The normalized spacial score (nSPS) is 12.3. The van der Waals surface area contributed by atoms with Gasteiger partial charge in [0, 0.05) is 36.2 Å². The number of nitrogens with one attached hydrogen (secondary N) is 1. The molecule has 2 N–H and O–H groups in total. The number of nitrogens with zero attached hydrogens (tertiary/aromatic N) is 4. The summed E-state index contributed by atoms with van der Waals surface area (Å²) in [5, 5.41) is 14.5. The Labute approximate surface area is 193 Å². The molecule has 166 valence electrons. The lowest BCUT2D eigenvalue weighted by molar-refractivity contribution is 0.191. The Hall–Kier alpha value is -3.07. The van der Waals surface area contributed by atoms with Gasteiger partial charge in [-0.25, -0.2) is 4.79 Å². The summed E-state index contributed by atoms with van der Waals surface area (Å²) in [5.41, 5.74) is 0.812. The molecule has 2 aromatic heterocycles. The van der Waals surface area contributed by atoms with Crippen molar-refractivity contribution < 1.29 is 5.11 Å². The molecule has 1 atom stereocenters.